The minimum absolute atomic E-state index is 0.124. The molecule has 0 amide bonds. The quantitative estimate of drug-likeness (QED) is 0.237. The van der Waals surface area contributed by atoms with Gasteiger partial charge in [-0.05, 0) is 50.6 Å². The van der Waals surface area contributed by atoms with E-state index in [4.69, 9.17) is 14.2 Å². The number of fused-ring (bicyclic) bond motifs is 1. The molecule has 0 radical (unpaired) electrons. The van der Waals surface area contributed by atoms with E-state index in [0.717, 1.165) is 21.2 Å². The minimum atomic E-state index is -0.701. The van der Waals surface area contributed by atoms with E-state index in [-0.39, 0.29) is 18.8 Å². The molecule has 0 saturated heterocycles. The first-order valence-electron chi connectivity index (χ1n) is 13.5. The maximum atomic E-state index is 14.1. The zero-order valence-corrected chi connectivity index (χ0v) is 26.4. The van der Waals surface area contributed by atoms with Crippen molar-refractivity contribution in [3.63, 3.8) is 0 Å². The summed E-state index contributed by atoms with van der Waals surface area (Å²) >= 11 is 4.76. The summed E-state index contributed by atoms with van der Waals surface area (Å²) < 4.78 is 19.9. The average Bonchev–Trinajstić information content (AvgIpc) is 3.30. The Morgan fingerprint density at radius 3 is 2.60 bits per heavy atom. The molecule has 1 aliphatic heterocycles. The summed E-state index contributed by atoms with van der Waals surface area (Å²) in [6.45, 7) is 5.81. The van der Waals surface area contributed by atoms with E-state index in [0.29, 0.717) is 43.2 Å². The largest absolute Gasteiger partial charge is 0.493 e. The van der Waals surface area contributed by atoms with Gasteiger partial charge in [-0.15, -0.1) is 0 Å². The van der Waals surface area contributed by atoms with Gasteiger partial charge in [0, 0.05) is 15.6 Å². The molecule has 0 N–H and O–H groups in total. The molecule has 0 aliphatic carbocycles. The summed E-state index contributed by atoms with van der Waals surface area (Å²) in [5.41, 5.74) is 4.19. The number of hydrogen-bond donors (Lipinski definition) is 0. The van der Waals surface area contributed by atoms with E-state index in [2.05, 4.69) is 27.0 Å². The van der Waals surface area contributed by atoms with Gasteiger partial charge in [-0.2, -0.15) is 5.26 Å². The summed E-state index contributed by atoms with van der Waals surface area (Å²) in [6.07, 6.45) is 1.73. The highest BCUT2D eigenvalue weighted by molar-refractivity contribution is 9.10. The lowest BCUT2D eigenvalue weighted by Crippen LogP contribution is -2.39. The summed E-state index contributed by atoms with van der Waals surface area (Å²) in [5, 5.41) is 9.51. The summed E-state index contributed by atoms with van der Waals surface area (Å²) in [5.74, 6) is 0.372. The number of nitriles is 1. The van der Waals surface area contributed by atoms with Gasteiger partial charge in [0.2, 0.25) is 0 Å². The first-order chi connectivity index (χ1) is 20.7. The van der Waals surface area contributed by atoms with E-state index in [1.54, 1.807) is 42.7 Å². The standard InChI is InChI=1S/C33H28BrN3O5S/c1-5-41-32(39)28-20(3)36-33-37(29(28)21-12-10-19(2)11-13-21)31(38)27(43-33)15-24-14-25(34)16-26(40-4)30(24)42-18-23-9-7-6-8-22(23)17-35/h6-16,29H,5,18H2,1-4H3/b27-15-/t29-/m1/s1. The Balaban J connectivity index is 1.67. The number of esters is 1. The number of hydrogen-bond acceptors (Lipinski definition) is 8. The smallest absolute Gasteiger partial charge is 0.338 e. The highest BCUT2D eigenvalue weighted by atomic mass is 79.9. The second kappa shape index (κ2) is 12.8. The third kappa shape index (κ3) is 6.05. The van der Waals surface area contributed by atoms with Crippen LogP contribution in [0.25, 0.3) is 6.08 Å². The van der Waals surface area contributed by atoms with E-state index < -0.39 is 12.0 Å². The van der Waals surface area contributed by atoms with Crippen LogP contribution in [0.1, 0.15) is 47.7 Å². The summed E-state index contributed by atoms with van der Waals surface area (Å²) in [4.78, 5) is 32.4. The zero-order valence-electron chi connectivity index (χ0n) is 24.0. The Kier molecular flexibility index (Phi) is 8.94. The van der Waals surface area contributed by atoms with Gasteiger partial charge in [-0.25, -0.2) is 9.79 Å². The van der Waals surface area contributed by atoms with E-state index >= 15 is 0 Å². The Morgan fingerprint density at radius 2 is 1.91 bits per heavy atom. The van der Waals surface area contributed by atoms with E-state index in [1.165, 1.54) is 18.4 Å². The van der Waals surface area contributed by atoms with Gasteiger partial charge in [-0.3, -0.25) is 9.36 Å². The molecule has 1 aliphatic rings. The maximum absolute atomic E-state index is 14.1. The molecule has 10 heteroatoms. The van der Waals surface area contributed by atoms with Crippen LogP contribution in [0.4, 0.5) is 0 Å². The van der Waals surface area contributed by atoms with Crippen molar-refractivity contribution in [2.75, 3.05) is 13.7 Å². The van der Waals surface area contributed by atoms with Crippen LogP contribution in [0, 0.1) is 18.3 Å². The van der Waals surface area contributed by atoms with E-state index in [9.17, 15) is 14.9 Å². The number of ether oxygens (including phenoxy) is 3. The highest BCUT2D eigenvalue weighted by Crippen LogP contribution is 2.36. The van der Waals surface area contributed by atoms with Gasteiger partial charge in [0.1, 0.15) is 6.61 Å². The molecule has 218 valence electrons. The van der Waals surface area contributed by atoms with Crippen LogP contribution in [0.2, 0.25) is 0 Å². The van der Waals surface area contributed by atoms with Crippen LogP contribution in [-0.2, 0) is 16.1 Å². The molecular weight excluding hydrogens is 630 g/mol. The zero-order chi connectivity index (χ0) is 30.7. The number of aryl methyl sites for hydroxylation is 1. The number of benzene rings is 3. The fourth-order valence-electron chi connectivity index (χ4n) is 4.90. The Hall–Kier alpha value is -4.46. The third-order valence-corrected chi connectivity index (χ3v) is 8.42. The molecule has 4 aromatic rings. The van der Waals surface area contributed by atoms with Gasteiger partial charge in [-0.1, -0.05) is 75.3 Å². The molecule has 0 saturated carbocycles. The molecule has 1 atom stereocenters. The van der Waals surface area contributed by atoms with Crippen molar-refractivity contribution >= 4 is 39.3 Å². The predicted octanol–water partition coefficient (Wildman–Crippen LogP) is 5.33. The number of nitrogens with zero attached hydrogens (tertiary/aromatic N) is 3. The first-order valence-corrected chi connectivity index (χ1v) is 15.1. The van der Waals surface area contributed by atoms with Crippen molar-refractivity contribution in [2.45, 2.75) is 33.4 Å². The van der Waals surface area contributed by atoms with Crippen molar-refractivity contribution in [2.24, 2.45) is 4.99 Å². The average molecular weight is 659 g/mol. The van der Waals surface area contributed by atoms with Crippen molar-refractivity contribution < 1.29 is 19.0 Å². The van der Waals surface area contributed by atoms with E-state index in [1.807, 2.05) is 49.4 Å². The normalized spacial score (nSPS) is 14.5. The third-order valence-electron chi connectivity index (χ3n) is 6.97. The maximum Gasteiger partial charge on any atom is 0.338 e. The predicted molar refractivity (Wildman–Crippen MR) is 168 cm³/mol. The van der Waals surface area contributed by atoms with Crippen molar-refractivity contribution in [1.29, 1.82) is 5.26 Å². The molecule has 1 aromatic heterocycles. The first kappa shape index (κ1) is 30.0. The van der Waals surface area contributed by atoms with Crippen molar-refractivity contribution in [3.05, 3.63) is 124 Å². The molecular formula is C33H28BrN3O5S. The topological polar surface area (TPSA) is 103 Å². The van der Waals surface area contributed by atoms with Gasteiger partial charge in [0.15, 0.2) is 16.3 Å². The SMILES string of the molecule is CCOC(=O)C1=C(C)N=c2s/c(=C\c3cc(Br)cc(OC)c3OCc3ccccc3C#N)c(=O)n2[C@@H]1c1ccc(C)cc1. The number of carbonyl (C=O) groups excluding carboxylic acids is 1. The Bertz CT molecular complexity index is 1970. The van der Waals surface area contributed by atoms with Gasteiger partial charge in [0.05, 0.1) is 47.2 Å². The number of methoxy groups -OCH3 is 1. The fourth-order valence-corrected chi connectivity index (χ4v) is 6.40. The van der Waals surface area contributed by atoms with Gasteiger partial charge in [0.25, 0.3) is 5.56 Å². The van der Waals surface area contributed by atoms with Gasteiger partial charge < -0.3 is 14.2 Å². The number of thiazole rings is 1. The molecule has 43 heavy (non-hydrogen) atoms. The molecule has 0 fully saturated rings. The van der Waals surface area contributed by atoms with Crippen LogP contribution in [-0.4, -0.2) is 24.3 Å². The van der Waals surface area contributed by atoms with Crippen molar-refractivity contribution in [3.8, 4) is 17.6 Å². The summed E-state index contributed by atoms with van der Waals surface area (Å²) in [6, 6.07) is 20.0. The minimum Gasteiger partial charge on any atom is -0.493 e. The second-order valence-electron chi connectivity index (χ2n) is 9.80. The monoisotopic (exact) mass is 657 g/mol. The number of carbonyl (C=O) groups is 1. The van der Waals surface area contributed by atoms with Crippen LogP contribution in [0.15, 0.2) is 86.2 Å². The molecule has 8 nitrogen and oxygen atoms in total. The number of aromatic nitrogens is 1. The number of rotatable bonds is 8. The van der Waals surface area contributed by atoms with Crippen LogP contribution in [0.5, 0.6) is 11.5 Å². The molecule has 2 heterocycles. The fraction of sp³-hybridized carbons (Fsp3) is 0.212. The van der Waals surface area contributed by atoms with Crippen LogP contribution in [0.3, 0.4) is 0 Å². The van der Waals surface area contributed by atoms with Crippen molar-refractivity contribution in [1.82, 2.24) is 4.57 Å². The van der Waals surface area contributed by atoms with Gasteiger partial charge >= 0.3 is 5.97 Å². The molecule has 0 spiro atoms. The lowest BCUT2D eigenvalue weighted by Gasteiger charge is -2.24. The van der Waals surface area contributed by atoms with Crippen LogP contribution >= 0.6 is 27.3 Å². The number of halogens is 1. The molecule has 0 bridgehead atoms. The Morgan fingerprint density at radius 1 is 1.16 bits per heavy atom. The Labute approximate surface area is 260 Å². The second-order valence-corrected chi connectivity index (χ2v) is 11.7. The highest BCUT2D eigenvalue weighted by Gasteiger charge is 2.33. The lowest BCUT2D eigenvalue weighted by atomic mass is 9.95. The number of allylic oxidation sites excluding steroid dienone is 1. The molecule has 3 aromatic carbocycles. The molecule has 0 unspecified atom stereocenters. The molecule has 5 rings (SSSR count). The van der Waals surface area contributed by atoms with Crippen LogP contribution < -0.4 is 24.4 Å². The summed E-state index contributed by atoms with van der Waals surface area (Å²) in [7, 11) is 1.54. The lowest BCUT2D eigenvalue weighted by molar-refractivity contribution is -0.139.